The third kappa shape index (κ3) is 2.03. The van der Waals surface area contributed by atoms with Crippen molar-refractivity contribution in [2.75, 3.05) is 26.2 Å². The van der Waals surface area contributed by atoms with Crippen molar-refractivity contribution in [1.29, 1.82) is 0 Å². The molecular weight excluding hydrogens is 236 g/mol. The summed E-state index contributed by atoms with van der Waals surface area (Å²) in [5.41, 5.74) is 1.30. The van der Waals surface area contributed by atoms with Crippen LogP contribution in [0.15, 0.2) is 16.4 Å². The zero-order valence-electron chi connectivity index (χ0n) is 9.89. The van der Waals surface area contributed by atoms with Gasteiger partial charge in [-0.05, 0) is 18.9 Å². The van der Waals surface area contributed by atoms with Gasteiger partial charge in [0.2, 0.25) is 0 Å². The van der Waals surface area contributed by atoms with Crippen molar-refractivity contribution in [3.63, 3.8) is 0 Å². The summed E-state index contributed by atoms with van der Waals surface area (Å²) in [5.74, 6) is 7.06. The van der Waals surface area contributed by atoms with Crippen LogP contribution in [0, 0.1) is 0 Å². The first-order valence-electron chi connectivity index (χ1n) is 5.93. The van der Waals surface area contributed by atoms with Crippen LogP contribution in [-0.4, -0.2) is 53.2 Å². The molecule has 0 aromatic heterocycles. The Bertz CT molecular complexity index is 368. The van der Waals surface area contributed by atoms with E-state index in [-0.39, 0.29) is 5.37 Å². The van der Waals surface area contributed by atoms with Gasteiger partial charge in [0, 0.05) is 31.2 Å². The summed E-state index contributed by atoms with van der Waals surface area (Å²) < 4.78 is 1.76. The van der Waals surface area contributed by atoms with Crippen LogP contribution in [-0.2, 0) is 0 Å². The van der Waals surface area contributed by atoms with Crippen LogP contribution in [0.2, 0.25) is 0 Å². The van der Waals surface area contributed by atoms with Gasteiger partial charge in [-0.1, -0.05) is 0 Å². The molecule has 0 aliphatic carbocycles. The van der Waals surface area contributed by atoms with Gasteiger partial charge in [0.25, 0.3) is 0 Å². The van der Waals surface area contributed by atoms with Crippen molar-refractivity contribution < 1.29 is 0 Å². The van der Waals surface area contributed by atoms with Crippen LogP contribution in [0.4, 0.5) is 0 Å². The molecule has 3 aliphatic heterocycles. The maximum absolute atomic E-state index is 5.85. The van der Waals surface area contributed by atoms with Gasteiger partial charge in [0.15, 0.2) is 0 Å². The molecule has 2 atom stereocenters. The van der Waals surface area contributed by atoms with E-state index in [1.807, 2.05) is 0 Å². The zero-order chi connectivity index (χ0) is 11.8. The van der Waals surface area contributed by atoms with Gasteiger partial charge >= 0.3 is 0 Å². The van der Waals surface area contributed by atoms with E-state index in [0.717, 1.165) is 26.2 Å². The smallest absolute Gasteiger partial charge is 0.139 e. The molecule has 3 rings (SSSR count). The lowest BCUT2D eigenvalue weighted by atomic mass is 10.1. The first kappa shape index (κ1) is 11.3. The summed E-state index contributed by atoms with van der Waals surface area (Å²) in [5, 5.41) is 6.87. The molecule has 0 saturated carbocycles. The Balaban J connectivity index is 1.87. The number of rotatable bonds is 1. The van der Waals surface area contributed by atoms with E-state index in [1.165, 1.54) is 11.4 Å². The van der Waals surface area contributed by atoms with Crippen LogP contribution in [0.5, 0.6) is 0 Å². The van der Waals surface area contributed by atoms with E-state index in [9.17, 15) is 0 Å². The average Bonchev–Trinajstić information content (AvgIpc) is 2.70. The lowest BCUT2D eigenvalue weighted by molar-refractivity contribution is 0.212. The van der Waals surface area contributed by atoms with Crippen molar-refractivity contribution in [3.8, 4) is 0 Å². The molecule has 0 aromatic carbocycles. The van der Waals surface area contributed by atoms with Crippen LogP contribution in [0.25, 0.3) is 0 Å². The van der Waals surface area contributed by atoms with Crippen molar-refractivity contribution in [2.24, 2.45) is 10.8 Å². The number of fused-ring (bicyclic) bond motifs is 1. The summed E-state index contributed by atoms with van der Waals surface area (Å²) in [7, 11) is 0. The maximum atomic E-state index is 5.85. The molecule has 0 radical (unpaired) electrons. The molecule has 1 unspecified atom stereocenters. The Labute approximate surface area is 105 Å². The Morgan fingerprint density at radius 1 is 1.59 bits per heavy atom. The normalized spacial score (nSPS) is 33.9. The van der Waals surface area contributed by atoms with Gasteiger partial charge < -0.3 is 15.5 Å². The Morgan fingerprint density at radius 2 is 2.47 bits per heavy atom. The quantitative estimate of drug-likeness (QED) is 0.424. The molecule has 94 valence electrons. The van der Waals surface area contributed by atoms with E-state index in [4.69, 9.17) is 5.84 Å². The number of nitrogens with one attached hydrogen (secondary N) is 2. The maximum Gasteiger partial charge on any atom is 0.139 e. The summed E-state index contributed by atoms with van der Waals surface area (Å²) in [6, 6.07) is 0.503. The van der Waals surface area contributed by atoms with Crippen LogP contribution >= 0.6 is 11.9 Å². The molecule has 17 heavy (non-hydrogen) atoms. The second-order valence-electron chi connectivity index (χ2n) is 4.58. The molecular formula is C10H18N6S. The van der Waals surface area contributed by atoms with E-state index >= 15 is 0 Å². The van der Waals surface area contributed by atoms with Gasteiger partial charge in [0.1, 0.15) is 11.2 Å². The van der Waals surface area contributed by atoms with Crippen LogP contribution < -0.4 is 16.5 Å². The topological polar surface area (TPSA) is 68.9 Å². The fraction of sp³-hybridized carbons (Fsp3) is 0.700. The van der Waals surface area contributed by atoms with E-state index in [0.29, 0.717) is 6.04 Å². The highest BCUT2D eigenvalue weighted by Crippen LogP contribution is 2.34. The van der Waals surface area contributed by atoms with Gasteiger partial charge in [-0.2, -0.15) is 4.41 Å². The average molecular weight is 254 g/mol. The fourth-order valence-electron chi connectivity index (χ4n) is 2.48. The fourth-order valence-corrected chi connectivity index (χ4v) is 3.38. The molecule has 7 heteroatoms. The molecule has 4 N–H and O–H groups in total. The molecule has 0 amide bonds. The highest BCUT2D eigenvalue weighted by atomic mass is 32.2. The standard InChI is InChI=1S/C10H18N6S/c1-7-4-12-2-3-15(7)9-8-5-16(11)17-10(8)14-6-13-9/h6-7,10,12H,2-5,11H2,1H3,(H,13,14)/t7-,10?/m0/s1. The minimum Gasteiger partial charge on any atom is -0.353 e. The van der Waals surface area contributed by atoms with Gasteiger partial charge in [0.05, 0.1) is 12.9 Å². The largest absolute Gasteiger partial charge is 0.353 e. The summed E-state index contributed by atoms with van der Waals surface area (Å²) in [6.45, 7) is 6.11. The zero-order valence-corrected chi connectivity index (χ0v) is 10.7. The van der Waals surface area contributed by atoms with Crippen LogP contribution in [0.1, 0.15) is 6.92 Å². The molecule has 3 aliphatic rings. The Kier molecular flexibility index (Phi) is 2.99. The minimum atomic E-state index is 0.165. The minimum absolute atomic E-state index is 0.165. The van der Waals surface area contributed by atoms with Crippen molar-refractivity contribution in [3.05, 3.63) is 11.4 Å². The molecule has 2 saturated heterocycles. The number of nitrogens with two attached hydrogens (primary N) is 1. The number of piperazine rings is 1. The lowest BCUT2D eigenvalue weighted by Crippen LogP contribution is -2.52. The van der Waals surface area contributed by atoms with Crippen LogP contribution in [0.3, 0.4) is 0 Å². The van der Waals surface area contributed by atoms with Gasteiger partial charge in [-0.25, -0.2) is 0 Å². The Morgan fingerprint density at radius 3 is 3.29 bits per heavy atom. The first-order valence-corrected chi connectivity index (χ1v) is 6.77. The van der Waals surface area contributed by atoms with Gasteiger partial charge in [-0.15, -0.1) is 0 Å². The second-order valence-corrected chi connectivity index (χ2v) is 5.70. The Hall–Kier alpha value is -0.760. The number of hydrogen-bond donors (Lipinski definition) is 3. The number of hydrazine groups is 1. The molecule has 3 heterocycles. The number of aliphatic imine (C=N–C) groups is 1. The first-order chi connectivity index (χ1) is 8.25. The van der Waals surface area contributed by atoms with Crippen molar-refractivity contribution in [2.45, 2.75) is 18.3 Å². The monoisotopic (exact) mass is 254 g/mol. The predicted octanol–water partition coefficient (Wildman–Crippen LogP) is -0.713. The van der Waals surface area contributed by atoms with E-state index in [2.05, 4.69) is 27.4 Å². The molecule has 6 nitrogen and oxygen atoms in total. The summed E-state index contributed by atoms with van der Waals surface area (Å²) in [4.78, 5) is 6.84. The molecule has 0 bridgehead atoms. The molecule has 0 spiro atoms. The highest BCUT2D eigenvalue weighted by Gasteiger charge is 2.34. The van der Waals surface area contributed by atoms with E-state index in [1.54, 1.807) is 22.7 Å². The SMILES string of the molecule is C[C@H]1CNCCN1C1=C2CN(N)SC2N=CN1. The number of nitrogens with zero attached hydrogens (tertiary/aromatic N) is 3. The summed E-state index contributed by atoms with van der Waals surface area (Å²) >= 11 is 1.59. The van der Waals surface area contributed by atoms with Crippen molar-refractivity contribution in [1.82, 2.24) is 19.9 Å². The lowest BCUT2D eigenvalue weighted by Gasteiger charge is -2.39. The van der Waals surface area contributed by atoms with E-state index < -0.39 is 0 Å². The van der Waals surface area contributed by atoms with Crippen molar-refractivity contribution >= 4 is 18.3 Å². The predicted molar refractivity (Wildman–Crippen MR) is 70.0 cm³/mol. The third-order valence-corrected chi connectivity index (χ3v) is 4.37. The number of hydrogen-bond acceptors (Lipinski definition) is 7. The third-order valence-electron chi connectivity index (χ3n) is 3.36. The molecule has 2 fully saturated rings. The van der Waals surface area contributed by atoms with Gasteiger partial charge in [-0.3, -0.25) is 10.8 Å². The second kappa shape index (κ2) is 4.49. The highest BCUT2D eigenvalue weighted by molar-refractivity contribution is 7.98. The summed E-state index contributed by atoms with van der Waals surface area (Å²) in [6.07, 6.45) is 1.80. The molecule has 0 aromatic rings.